The number of benzene rings is 1. The molecular formula is C13H16N2O2S2. The van der Waals surface area contributed by atoms with Gasteiger partial charge in [-0.15, -0.1) is 11.3 Å². The molecule has 4 nitrogen and oxygen atoms in total. The molecule has 0 radical (unpaired) electrons. The van der Waals surface area contributed by atoms with Crippen molar-refractivity contribution in [3.8, 4) is 0 Å². The number of para-hydroxylation sites is 1. The van der Waals surface area contributed by atoms with Crippen LogP contribution in [0, 0.1) is 0 Å². The van der Waals surface area contributed by atoms with E-state index in [1.54, 1.807) is 11.3 Å². The first-order valence-electron chi connectivity index (χ1n) is 5.89. The van der Waals surface area contributed by atoms with Crippen LogP contribution < -0.4 is 5.48 Å². The van der Waals surface area contributed by atoms with Crippen LogP contribution in [0.25, 0.3) is 10.2 Å². The van der Waals surface area contributed by atoms with Crippen molar-refractivity contribution in [3.05, 3.63) is 24.3 Å². The van der Waals surface area contributed by atoms with Gasteiger partial charge in [-0.1, -0.05) is 23.9 Å². The second kappa shape index (κ2) is 5.90. The van der Waals surface area contributed by atoms with Crippen LogP contribution in [0.2, 0.25) is 0 Å². The topological polar surface area (TPSA) is 51.2 Å². The third kappa shape index (κ3) is 4.49. The molecule has 0 aliphatic rings. The Morgan fingerprint density at radius 1 is 1.42 bits per heavy atom. The molecule has 0 atom stereocenters. The number of rotatable bonds is 4. The molecule has 1 N–H and O–H groups in total. The number of thioether (sulfide) groups is 1. The van der Waals surface area contributed by atoms with Crippen molar-refractivity contribution >= 4 is 39.2 Å². The van der Waals surface area contributed by atoms with Gasteiger partial charge in [0.25, 0.3) is 5.91 Å². The lowest BCUT2D eigenvalue weighted by Crippen LogP contribution is -2.34. The lowest BCUT2D eigenvalue weighted by Gasteiger charge is -2.18. The molecule has 1 aromatic heterocycles. The fourth-order valence-electron chi connectivity index (χ4n) is 1.28. The highest BCUT2D eigenvalue weighted by molar-refractivity contribution is 8.01. The van der Waals surface area contributed by atoms with Gasteiger partial charge in [0.05, 0.1) is 21.6 Å². The smallest absolute Gasteiger partial charge is 0.253 e. The van der Waals surface area contributed by atoms with E-state index in [2.05, 4.69) is 10.5 Å². The Balaban J connectivity index is 1.86. The number of hydroxylamine groups is 1. The summed E-state index contributed by atoms with van der Waals surface area (Å²) in [7, 11) is 0. The monoisotopic (exact) mass is 296 g/mol. The van der Waals surface area contributed by atoms with Crippen LogP contribution in [0.5, 0.6) is 0 Å². The van der Waals surface area contributed by atoms with Gasteiger partial charge in [0, 0.05) is 0 Å². The molecule has 0 unspecified atom stereocenters. The highest BCUT2D eigenvalue weighted by Gasteiger charge is 2.13. The Hall–Kier alpha value is -1.11. The van der Waals surface area contributed by atoms with E-state index in [1.165, 1.54) is 11.8 Å². The Labute approximate surface area is 120 Å². The normalized spacial score (nSPS) is 11.7. The number of fused-ring (bicyclic) bond motifs is 1. The number of nitrogens with one attached hydrogen (secondary N) is 1. The quantitative estimate of drug-likeness (QED) is 0.695. The predicted molar refractivity (Wildman–Crippen MR) is 79.3 cm³/mol. The molecule has 0 aliphatic carbocycles. The summed E-state index contributed by atoms with van der Waals surface area (Å²) in [5.74, 6) is 0.148. The highest BCUT2D eigenvalue weighted by Crippen LogP contribution is 2.28. The summed E-state index contributed by atoms with van der Waals surface area (Å²) < 4.78 is 2.03. The third-order valence-corrected chi connectivity index (χ3v) is 4.25. The standard InChI is InChI=1S/C13H16N2O2S2/c1-13(2,3)17-15-11(16)8-18-12-14-9-6-4-5-7-10(9)19-12/h4-7H,8H2,1-3H3,(H,15,16). The van der Waals surface area contributed by atoms with E-state index >= 15 is 0 Å². The van der Waals surface area contributed by atoms with Gasteiger partial charge in [-0.25, -0.2) is 10.5 Å². The number of carbonyl (C=O) groups excluding carboxylic acids is 1. The van der Waals surface area contributed by atoms with Gasteiger partial charge in [-0.3, -0.25) is 9.63 Å². The van der Waals surface area contributed by atoms with Crippen LogP contribution in [0.1, 0.15) is 20.8 Å². The Kier molecular flexibility index (Phi) is 4.44. The third-order valence-electron chi connectivity index (χ3n) is 2.07. The van der Waals surface area contributed by atoms with Crippen molar-refractivity contribution in [3.63, 3.8) is 0 Å². The number of carbonyl (C=O) groups is 1. The number of nitrogens with zero attached hydrogens (tertiary/aromatic N) is 1. The molecule has 1 heterocycles. The maximum Gasteiger partial charge on any atom is 0.253 e. The van der Waals surface area contributed by atoms with Crippen LogP contribution in [-0.2, 0) is 9.63 Å². The van der Waals surface area contributed by atoms with Gasteiger partial charge >= 0.3 is 0 Å². The Morgan fingerprint density at radius 3 is 2.84 bits per heavy atom. The molecule has 102 valence electrons. The molecule has 0 saturated carbocycles. The number of amides is 1. The van der Waals surface area contributed by atoms with E-state index in [4.69, 9.17) is 4.84 Å². The number of hydrogen-bond donors (Lipinski definition) is 1. The van der Waals surface area contributed by atoms with Gasteiger partial charge in [-0.05, 0) is 32.9 Å². The van der Waals surface area contributed by atoms with Crippen LogP contribution in [-0.4, -0.2) is 22.2 Å². The molecule has 0 spiro atoms. The van der Waals surface area contributed by atoms with Crippen molar-refractivity contribution in [2.45, 2.75) is 30.7 Å². The fraction of sp³-hybridized carbons (Fsp3) is 0.385. The maximum absolute atomic E-state index is 11.6. The minimum Gasteiger partial charge on any atom is -0.272 e. The van der Waals surface area contributed by atoms with Gasteiger partial charge < -0.3 is 0 Å². The van der Waals surface area contributed by atoms with Crippen molar-refractivity contribution in [2.24, 2.45) is 0 Å². The second-order valence-electron chi connectivity index (χ2n) is 4.98. The minimum atomic E-state index is -0.379. The van der Waals surface area contributed by atoms with E-state index in [1.807, 2.05) is 45.0 Å². The first-order chi connectivity index (χ1) is 8.94. The molecule has 0 aliphatic heterocycles. The lowest BCUT2D eigenvalue weighted by molar-refractivity contribution is -0.142. The van der Waals surface area contributed by atoms with E-state index in [-0.39, 0.29) is 11.5 Å². The Bertz CT molecular complexity index is 542. The molecule has 6 heteroatoms. The van der Waals surface area contributed by atoms with Crippen molar-refractivity contribution < 1.29 is 9.63 Å². The number of thiazole rings is 1. The van der Waals surface area contributed by atoms with Crippen LogP contribution in [0.15, 0.2) is 28.6 Å². The van der Waals surface area contributed by atoms with Gasteiger partial charge in [0.15, 0.2) is 4.34 Å². The zero-order chi connectivity index (χ0) is 13.9. The fourth-order valence-corrected chi connectivity index (χ4v) is 3.13. The maximum atomic E-state index is 11.6. The van der Waals surface area contributed by atoms with Gasteiger partial charge in [0.2, 0.25) is 0 Å². The number of hydrogen-bond acceptors (Lipinski definition) is 5. The van der Waals surface area contributed by atoms with E-state index in [0.717, 1.165) is 14.6 Å². The molecule has 2 rings (SSSR count). The van der Waals surface area contributed by atoms with Crippen molar-refractivity contribution in [1.29, 1.82) is 0 Å². The molecule has 0 saturated heterocycles. The molecule has 0 fully saturated rings. The molecule has 0 bridgehead atoms. The zero-order valence-corrected chi connectivity index (χ0v) is 12.7. The van der Waals surface area contributed by atoms with Crippen molar-refractivity contribution in [2.75, 3.05) is 5.75 Å². The highest BCUT2D eigenvalue weighted by atomic mass is 32.2. The summed E-state index contributed by atoms with van der Waals surface area (Å²) in [6, 6.07) is 7.94. The molecule has 2 aromatic rings. The van der Waals surface area contributed by atoms with E-state index in [0.29, 0.717) is 5.75 Å². The SMILES string of the molecule is CC(C)(C)ONC(=O)CSc1nc2ccccc2s1. The number of aromatic nitrogens is 1. The average Bonchev–Trinajstić information content (AvgIpc) is 2.75. The Morgan fingerprint density at radius 2 is 2.16 bits per heavy atom. The largest absolute Gasteiger partial charge is 0.272 e. The summed E-state index contributed by atoms with van der Waals surface area (Å²) in [6.45, 7) is 5.65. The van der Waals surface area contributed by atoms with Crippen molar-refractivity contribution in [1.82, 2.24) is 10.5 Å². The van der Waals surface area contributed by atoms with Gasteiger partial charge in [-0.2, -0.15) is 0 Å². The molecule has 19 heavy (non-hydrogen) atoms. The predicted octanol–water partition coefficient (Wildman–Crippen LogP) is 3.23. The van der Waals surface area contributed by atoms with Gasteiger partial charge in [0.1, 0.15) is 0 Å². The van der Waals surface area contributed by atoms with Crippen LogP contribution in [0.3, 0.4) is 0 Å². The second-order valence-corrected chi connectivity index (χ2v) is 7.23. The van der Waals surface area contributed by atoms with E-state index < -0.39 is 0 Å². The van der Waals surface area contributed by atoms with Crippen LogP contribution >= 0.6 is 23.1 Å². The first kappa shape index (κ1) is 14.3. The van der Waals surface area contributed by atoms with E-state index in [9.17, 15) is 4.79 Å². The summed E-state index contributed by atoms with van der Waals surface area (Å²) >= 11 is 3.01. The molecular weight excluding hydrogens is 280 g/mol. The van der Waals surface area contributed by atoms with Crippen LogP contribution in [0.4, 0.5) is 0 Å². The molecule has 1 amide bonds. The minimum absolute atomic E-state index is 0.154. The summed E-state index contributed by atoms with van der Waals surface area (Å²) in [5, 5.41) is 0. The molecule has 1 aromatic carbocycles. The first-order valence-corrected chi connectivity index (χ1v) is 7.69. The summed E-state index contributed by atoms with van der Waals surface area (Å²) in [4.78, 5) is 21.3. The summed E-state index contributed by atoms with van der Waals surface area (Å²) in [5.41, 5.74) is 3.04. The average molecular weight is 296 g/mol. The summed E-state index contributed by atoms with van der Waals surface area (Å²) in [6.07, 6.45) is 0. The zero-order valence-electron chi connectivity index (χ0n) is 11.1. The lowest BCUT2D eigenvalue weighted by atomic mass is 10.2.